The summed E-state index contributed by atoms with van der Waals surface area (Å²) >= 11 is 3.46. The number of aliphatic hydroxyl groups is 1. The first-order valence-corrected chi connectivity index (χ1v) is 5.93. The van der Waals surface area contributed by atoms with Crippen molar-refractivity contribution in [2.75, 3.05) is 30.9 Å². The zero-order chi connectivity index (χ0) is 12.1. The molecule has 5 nitrogen and oxygen atoms in total. The molecule has 0 saturated carbocycles. The normalized spacial score (nSPS) is 12.3. The lowest BCUT2D eigenvalue weighted by molar-refractivity contribution is 0.187. The molecule has 1 unspecified atom stereocenters. The molecule has 1 atom stereocenters. The van der Waals surface area contributed by atoms with E-state index in [9.17, 15) is 5.11 Å². The van der Waals surface area contributed by atoms with E-state index in [1.807, 2.05) is 19.0 Å². The second kappa shape index (κ2) is 6.00. The fourth-order valence-corrected chi connectivity index (χ4v) is 1.99. The van der Waals surface area contributed by atoms with Crippen LogP contribution in [-0.2, 0) is 0 Å². The number of halogens is 1. The molecule has 0 aliphatic rings. The van der Waals surface area contributed by atoms with E-state index in [0.29, 0.717) is 6.42 Å². The molecule has 0 amide bonds. The van der Waals surface area contributed by atoms with Gasteiger partial charge in [0.25, 0.3) is 0 Å². The van der Waals surface area contributed by atoms with Gasteiger partial charge in [-0.25, -0.2) is 9.97 Å². The number of nitrogens with one attached hydrogen (secondary N) is 1. The van der Waals surface area contributed by atoms with Crippen LogP contribution < -0.4 is 10.2 Å². The molecule has 6 heteroatoms. The third-order valence-electron chi connectivity index (χ3n) is 2.25. The topological polar surface area (TPSA) is 61.3 Å². The van der Waals surface area contributed by atoms with Gasteiger partial charge < -0.3 is 15.3 Å². The standard InChI is InChI=1S/C10H17BrN4O/c1-7(16)4-5-15(3)10-8(11)9(12-2)13-6-14-10/h6-7,16H,4-5H2,1-3H3,(H,12,13,14). The quantitative estimate of drug-likeness (QED) is 0.860. The minimum Gasteiger partial charge on any atom is -0.393 e. The predicted octanol–water partition coefficient (Wildman–Crippen LogP) is 1.49. The highest BCUT2D eigenvalue weighted by atomic mass is 79.9. The lowest BCUT2D eigenvalue weighted by atomic mass is 10.3. The van der Waals surface area contributed by atoms with Crippen LogP contribution in [0, 0.1) is 0 Å². The highest BCUT2D eigenvalue weighted by Crippen LogP contribution is 2.28. The molecule has 0 radical (unpaired) electrons. The fraction of sp³-hybridized carbons (Fsp3) is 0.600. The van der Waals surface area contributed by atoms with Crippen LogP contribution in [0.2, 0.25) is 0 Å². The number of hydrogen-bond donors (Lipinski definition) is 2. The summed E-state index contributed by atoms with van der Waals surface area (Å²) in [7, 11) is 3.75. The molecule has 1 heterocycles. The largest absolute Gasteiger partial charge is 0.393 e. The maximum absolute atomic E-state index is 9.23. The molecule has 1 aromatic heterocycles. The molecule has 0 bridgehead atoms. The maximum Gasteiger partial charge on any atom is 0.148 e. The van der Waals surface area contributed by atoms with E-state index in [1.165, 1.54) is 6.33 Å². The summed E-state index contributed by atoms with van der Waals surface area (Å²) in [6, 6.07) is 0. The zero-order valence-electron chi connectivity index (χ0n) is 9.74. The van der Waals surface area contributed by atoms with E-state index in [-0.39, 0.29) is 6.10 Å². The Labute approximate surface area is 104 Å². The molecular weight excluding hydrogens is 272 g/mol. The van der Waals surface area contributed by atoms with Gasteiger partial charge in [0, 0.05) is 20.6 Å². The molecule has 0 aliphatic carbocycles. The Morgan fingerprint density at radius 1 is 1.56 bits per heavy atom. The van der Waals surface area contributed by atoms with Crippen molar-refractivity contribution < 1.29 is 5.11 Å². The van der Waals surface area contributed by atoms with Crippen molar-refractivity contribution in [3.05, 3.63) is 10.8 Å². The van der Waals surface area contributed by atoms with Crippen molar-refractivity contribution in [1.29, 1.82) is 0 Å². The summed E-state index contributed by atoms with van der Waals surface area (Å²) in [4.78, 5) is 10.3. The van der Waals surface area contributed by atoms with E-state index in [1.54, 1.807) is 6.92 Å². The van der Waals surface area contributed by atoms with Crippen molar-refractivity contribution >= 4 is 27.6 Å². The molecular formula is C10H17BrN4O. The van der Waals surface area contributed by atoms with Crippen molar-refractivity contribution in [2.45, 2.75) is 19.4 Å². The van der Waals surface area contributed by atoms with Crippen LogP contribution in [0.4, 0.5) is 11.6 Å². The summed E-state index contributed by atoms with van der Waals surface area (Å²) in [5.74, 6) is 1.58. The molecule has 0 aromatic carbocycles. The number of aromatic nitrogens is 2. The van der Waals surface area contributed by atoms with E-state index in [2.05, 4.69) is 31.2 Å². The number of rotatable bonds is 5. The van der Waals surface area contributed by atoms with Gasteiger partial charge in [0.2, 0.25) is 0 Å². The van der Waals surface area contributed by atoms with Gasteiger partial charge in [0.05, 0.1) is 6.10 Å². The number of anilines is 2. The van der Waals surface area contributed by atoms with Crippen LogP contribution >= 0.6 is 15.9 Å². The SMILES string of the molecule is CNc1ncnc(N(C)CCC(C)O)c1Br. The van der Waals surface area contributed by atoms with Gasteiger partial charge in [-0.05, 0) is 29.3 Å². The van der Waals surface area contributed by atoms with Crippen molar-refractivity contribution in [3.8, 4) is 0 Å². The first-order chi connectivity index (χ1) is 7.56. The molecule has 0 fully saturated rings. The van der Waals surface area contributed by atoms with Crippen LogP contribution in [0.1, 0.15) is 13.3 Å². The van der Waals surface area contributed by atoms with Crippen LogP contribution in [0.5, 0.6) is 0 Å². The Bertz CT molecular complexity index is 346. The average Bonchev–Trinajstić information content (AvgIpc) is 2.26. The Morgan fingerprint density at radius 3 is 2.81 bits per heavy atom. The molecule has 0 aliphatic heterocycles. The van der Waals surface area contributed by atoms with Gasteiger partial charge in [-0.3, -0.25) is 0 Å². The summed E-state index contributed by atoms with van der Waals surface area (Å²) in [5.41, 5.74) is 0. The summed E-state index contributed by atoms with van der Waals surface area (Å²) < 4.78 is 0.839. The summed E-state index contributed by atoms with van der Waals surface area (Å²) in [5, 5.41) is 12.2. The first kappa shape index (κ1) is 13.2. The van der Waals surface area contributed by atoms with Crippen LogP contribution in [0.3, 0.4) is 0 Å². The third kappa shape index (κ3) is 3.31. The first-order valence-electron chi connectivity index (χ1n) is 5.13. The van der Waals surface area contributed by atoms with Gasteiger partial charge in [-0.15, -0.1) is 0 Å². The average molecular weight is 289 g/mol. The minimum absolute atomic E-state index is 0.299. The highest BCUT2D eigenvalue weighted by molar-refractivity contribution is 9.10. The molecule has 16 heavy (non-hydrogen) atoms. The van der Waals surface area contributed by atoms with Gasteiger partial charge in [-0.2, -0.15) is 0 Å². The Morgan fingerprint density at radius 2 is 2.25 bits per heavy atom. The molecule has 2 N–H and O–H groups in total. The Balaban J connectivity index is 2.78. The monoisotopic (exact) mass is 288 g/mol. The third-order valence-corrected chi connectivity index (χ3v) is 2.98. The number of nitrogens with zero attached hydrogens (tertiary/aromatic N) is 3. The number of hydrogen-bond acceptors (Lipinski definition) is 5. The predicted molar refractivity (Wildman–Crippen MR) is 68.8 cm³/mol. The molecule has 0 saturated heterocycles. The maximum atomic E-state index is 9.23. The van der Waals surface area contributed by atoms with Gasteiger partial charge in [-0.1, -0.05) is 0 Å². The van der Waals surface area contributed by atoms with Crippen molar-refractivity contribution in [2.24, 2.45) is 0 Å². The molecule has 1 rings (SSSR count). The Kier molecular flexibility index (Phi) is 4.95. The zero-order valence-corrected chi connectivity index (χ0v) is 11.3. The van der Waals surface area contributed by atoms with Crippen molar-refractivity contribution in [3.63, 3.8) is 0 Å². The Hall–Kier alpha value is -0.880. The van der Waals surface area contributed by atoms with Crippen molar-refractivity contribution in [1.82, 2.24) is 9.97 Å². The van der Waals surface area contributed by atoms with E-state index in [0.717, 1.165) is 22.7 Å². The molecule has 0 spiro atoms. The summed E-state index contributed by atoms with van der Waals surface area (Å²) in [6.45, 7) is 2.53. The smallest absolute Gasteiger partial charge is 0.148 e. The summed E-state index contributed by atoms with van der Waals surface area (Å²) in [6.07, 6.45) is 1.93. The highest BCUT2D eigenvalue weighted by Gasteiger charge is 2.11. The molecule has 90 valence electrons. The van der Waals surface area contributed by atoms with E-state index >= 15 is 0 Å². The lowest BCUT2D eigenvalue weighted by Gasteiger charge is -2.20. The van der Waals surface area contributed by atoms with Crippen LogP contribution in [0.15, 0.2) is 10.8 Å². The van der Waals surface area contributed by atoms with E-state index < -0.39 is 0 Å². The second-order valence-electron chi connectivity index (χ2n) is 3.67. The minimum atomic E-state index is -0.299. The van der Waals surface area contributed by atoms with Gasteiger partial charge in [0.1, 0.15) is 22.4 Å². The van der Waals surface area contributed by atoms with E-state index in [4.69, 9.17) is 0 Å². The second-order valence-corrected chi connectivity index (χ2v) is 4.46. The van der Waals surface area contributed by atoms with Gasteiger partial charge in [0.15, 0.2) is 0 Å². The number of aliphatic hydroxyl groups excluding tert-OH is 1. The van der Waals surface area contributed by atoms with Crippen LogP contribution in [-0.4, -0.2) is 41.8 Å². The molecule has 1 aromatic rings. The van der Waals surface area contributed by atoms with Crippen LogP contribution in [0.25, 0.3) is 0 Å². The van der Waals surface area contributed by atoms with Gasteiger partial charge >= 0.3 is 0 Å². The lowest BCUT2D eigenvalue weighted by Crippen LogP contribution is -2.23. The fourth-order valence-electron chi connectivity index (χ4n) is 1.29.